The Morgan fingerprint density at radius 3 is 2.27 bits per heavy atom. The Kier molecular flexibility index (Phi) is 7.46. The van der Waals surface area contributed by atoms with Crippen molar-refractivity contribution in [3.8, 4) is 11.1 Å². The van der Waals surface area contributed by atoms with Crippen LogP contribution in [0, 0.1) is 11.6 Å². The highest BCUT2D eigenvalue weighted by atomic mass is 79.9. The minimum atomic E-state index is -3.58. The summed E-state index contributed by atoms with van der Waals surface area (Å²) in [5.74, 6) is -3.05. The van der Waals surface area contributed by atoms with Gasteiger partial charge in [-0.1, -0.05) is 24.3 Å². The molecule has 4 aromatic rings. The lowest BCUT2D eigenvalue weighted by Crippen LogP contribution is -2.19. The van der Waals surface area contributed by atoms with Gasteiger partial charge in [-0.2, -0.15) is 0 Å². The zero-order valence-electron chi connectivity index (χ0n) is 19.1. The van der Waals surface area contributed by atoms with E-state index >= 15 is 0 Å². The summed E-state index contributed by atoms with van der Waals surface area (Å²) < 4.78 is 53.8. The summed E-state index contributed by atoms with van der Waals surface area (Å²) in [5, 5.41) is 4.94. The van der Waals surface area contributed by atoms with Gasteiger partial charge in [-0.05, 0) is 70.0 Å². The molecule has 0 bridgehead atoms. The number of rotatable bonds is 6. The standard InChI is InChI=1S/C26H18BrF2N3O4S/c1-37(35,36)23-5-3-2-4-18(23)15-6-9-19(21(29)12-15)25(33)31-22-10-8-17(28)13-20(22)26(34)32-24-11-7-16(27)14-30-24/h2-14H,1H3,(H,31,33)(H,30,32,34). The fourth-order valence-corrected chi connectivity index (χ4v) is 4.68. The van der Waals surface area contributed by atoms with Gasteiger partial charge in [0.25, 0.3) is 11.8 Å². The van der Waals surface area contributed by atoms with Gasteiger partial charge in [0, 0.05) is 22.5 Å². The van der Waals surface area contributed by atoms with E-state index in [-0.39, 0.29) is 38.7 Å². The predicted molar refractivity (Wildman–Crippen MR) is 139 cm³/mol. The van der Waals surface area contributed by atoms with Crippen LogP contribution in [0.2, 0.25) is 0 Å². The molecule has 11 heteroatoms. The molecular weight excluding hydrogens is 568 g/mol. The molecule has 2 N–H and O–H groups in total. The SMILES string of the molecule is CS(=O)(=O)c1ccccc1-c1ccc(C(=O)Nc2ccc(F)cc2C(=O)Nc2ccc(Br)cn2)c(F)c1. The summed E-state index contributed by atoms with van der Waals surface area (Å²) in [7, 11) is -3.58. The van der Waals surface area contributed by atoms with Gasteiger partial charge in [0.2, 0.25) is 0 Å². The van der Waals surface area contributed by atoms with Crippen molar-refractivity contribution < 1.29 is 26.8 Å². The van der Waals surface area contributed by atoms with Gasteiger partial charge in [0.05, 0.1) is 21.7 Å². The van der Waals surface area contributed by atoms with Crippen LogP contribution in [0.3, 0.4) is 0 Å². The number of carbonyl (C=O) groups is 2. The molecule has 0 spiro atoms. The van der Waals surface area contributed by atoms with Crippen molar-refractivity contribution in [2.45, 2.75) is 4.90 Å². The third-order valence-corrected chi connectivity index (χ3v) is 6.88. The van der Waals surface area contributed by atoms with Crippen molar-refractivity contribution in [2.75, 3.05) is 16.9 Å². The van der Waals surface area contributed by atoms with E-state index in [1.807, 2.05) is 0 Å². The number of anilines is 2. The summed E-state index contributed by atoms with van der Waals surface area (Å²) in [4.78, 5) is 29.7. The molecule has 0 unspecified atom stereocenters. The lowest BCUT2D eigenvalue weighted by atomic mass is 10.0. The van der Waals surface area contributed by atoms with Crippen molar-refractivity contribution in [1.29, 1.82) is 0 Å². The maximum atomic E-state index is 15.0. The largest absolute Gasteiger partial charge is 0.321 e. The van der Waals surface area contributed by atoms with E-state index in [1.165, 1.54) is 42.6 Å². The highest BCUT2D eigenvalue weighted by Gasteiger charge is 2.20. The number of pyridine rings is 1. The number of benzene rings is 3. The number of halogens is 3. The molecule has 0 saturated heterocycles. The first-order valence-electron chi connectivity index (χ1n) is 10.7. The van der Waals surface area contributed by atoms with E-state index in [9.17, 15) is 26.8 Å². The average Bonchev–Trinajstić information content (AvgIpc) is 2.85. The Bertz CT molecular complexity index is 1630. The molecule has 4 rings (SSSR count). The van der Waals surface area contributed by atoms with Crippen molar-refractivity contribution in [3.63, 3.8) is 0 Å². The molecule has 2 amide bonds. The smallest absolute Gasteiger partial charge is 0.259 e. The van der Waals surface area contributed by atoms with Crippen molar-refractivity contribution >= 4 is 49.1 Å². The van der Waals surface area contributed by atoms with Gasteiger partial charge in [-0.25, -0.2) is 22.2 Å². The van der Waals surface area contributed by atoms with Crippen LogP contribution in [-0.4, -0.2) is 31.5 Å². The second-order valence-corrected chi connectivity index (χ2v) is 10.8. The van der Waals surface area contributed by atoms with E-state index < -0.39 is 33.3 Å². The van der Waals surface area contributed by atoms with Gasteiger partial charge >= 0.3 is 0 Å². The van der Waals surface area contributed by atoms with E-state index in [4.69, 9.17) is 0 Å². The molecule has 3 aromatic carbocycles. The quantitative estimate of drug-likeness (QED) is 0.302. The van der Waals surface area contributed by atoms with E-state index in [0.717, 1.165) is 24.5 Å². The van der Waals surface area contributed by atoms with Crippen LogP contribution in [0.25, 0.3) is 11.1 Å². The van der Waals surface area contributed by atoms with E-state index in [0.29, 0.717) is 4.47 Å². The number of nitrogens with zero attached hydrogens (tertiary/aromatic N) is 1. The molecule has 37 heavy (non-hydrogen) atoms. The highest BCUT2D eigenvalue weighted by Crippen LogP contribution is 2.29. The predicted octanol–water partition coefficient (Wildman–Crippen LogP) is 5.70. The van der Waals surface area contributed by atoms with Crippen LogP contribution in [0.15, 0.2) is 88.4 Å². The number of nitrogens with one attached hydrogen (secondary N) is 2. The molecule has 1 heterocycles. The van der Waals surface area contributed by atoms with Crippen molar-refractivity contribution in [1.82, 2.24) is 4.98 Å². The summed E-state index contributed by atoms with van der Waals surface area (Å²) in [6, 6.07) is 16.1. The fraction of sp³-hybridized carbons (Fsp3) is 0.0385. The molecule has 1 aromatic heterocycles. The number of aromatic nitrogens is 1. The maximum absolute atomic E-state index is 15.0. The Morgan fingerprint density at radius 2 is 1.59 bits per heavy atom. The minimum Gasteiger partial charge on any atom is -0.321 e. The third-order valence-electron chi connectivity index (χ3n) is 5.25. The summed E-state index contributed by atoms with van der Waals surface area (Å²) in [6.45, 7) is 0. The van der Waals surface area contributed by atoms with Crippen molar-refractivity contribution in [3.05, 3.63) is 106 Å². The van der Waals surface area contributed by atoms with Crippen molar-refractivity contribution in [2.24, 2.45) is 0 Å². The minimum absolute atomic E-state index is 0.0221. The Morgan fingerprint density at radius 1 is 0.865 bits per heavy atom. The van der Waals surface area contributed by atoms with Crippen LogP contribution in [-0.2, 0) is 9.84 Å². The van der Waals surface area contributed by atoms with E-state index in [2.05, 4.69) is 31.5 Å². The molecule has 0 radical (unpaired) electrons. The third kappa shape index (κ3) is 6.07. The van der Waals surface area contributed by atoms with Gasteiger partial charge in [0.15, 0.2) is 9.84 Å². The molecule has 0 atom stereocenters. The van der Waals surface area contributed by atoms with Crippen LogP contribution in [0.4, 0.5) is 20.3 Å². The molecule has 188 valence electrons. The number of carbonyl (C=O) groups excluding carboxylic acids is 2. The van der Waals surface area contributed by atoms with Gasteiger partial charge < -0.3 is 10.6 Å². The monoisotopic (exact) mass is 585 g/mol. The first-order chi connectivity index (χ1) is 17.5. The topological polar surface area (TPSA) is 105 Å². The first-order valence-corrected chi connectivity index (χ1v) is 13.3. The van der Waals surface area contributed by atoms with Gasteiger partial charge in [-0.15, -0.1) is 0 Å². The second kappa shape index (κ2) is 10.6. The van der Waals surface area contributed by atoms with Gasteiger partial charge in [-0.3, -0.25) is 9.59 Å². The first kappa shape index (κ1) is 26.1. The molecule has 0 fully saturated rings. The molecule has 0 aliphatic rings. The maximum Gasteiger partial charge on any atom is 0.259 e. The lowest BCUT2D eigenvalue weighted by Gasteiger charge is -2.13. The zero-order valence-corrected chi connectivity index (χ0v) is 21.5. The van der Waals surface area contributed by atoms with Crippen LogP contribution < -0.4 is 10.6 Å². The molecule has 7 nitrogen and oxygen atoms in total. The van der Waals surface area contributed by atoms with Crippen LogP contribution >= 0.6 is 15.9 Å². The number of hydrogen-bond donors (Lipinski definition) is 2. The summed E-state index contributed by atoms with van der Waals surface area (Å²) in [5.41, 5.74) is -0.0521. The Labute approximate surface area is 219 Å². The molecule has 0 aliphatic carbocycles. The normalized spacial score (nSPS) is 11.1. The Hall–Kier alpha value is -3.96. The molecular formula is C26H18BrF2N3O4S. The second-order valence-electron chi connectivity index (χ2n) is 7.92. The lowest BCUT2D eigenvalue weighted by molar-refractivity contribution is 0.102. The number of hydrogen-bond acceptors (Lipinski definition) is 5. The molecule has 0 saturated carbocycles. The van der Waals surface area contributed by atoms with Gasteiger partial charge in [0.1, 0.15) is 17.5 Å². The fourth-order valence-electron chi connectivity index (χ4n) is 3.53. The Balaban J connectivity index is 1.61. The summed E-state index contributed by atoms with van der Waals surface area (Å²) in [6.07, 6.45) is 2.51. The summed E-state index contributed by atoms with van der Waals surface area (Å²) >= 11 is 3.23. The van der Waals surface area contributed by atoms with Crippen LogP contribution in [0.5, 0.6) is 0 Å². The highest BCUT2D eigenvalue weighted by molar-refractivity contribution is 9.10. The zero-order chi connectivity index (χ0) is 26.7. The van der Waals surface area contributed by atoms with Crippen LogP contribution in [0.1, 0.15) is 20.7 Å². The average molecular weight is 586 g/mol. The number of sulfone groups is 1. The van der Waals surface area contributed by atoms with E-state index in [1.54, 1.807) is 18.2 Å². The molecule has 0 aliphatic heterocycles. The number of amides is 2.